The molecule has 1 aromatic carbocycles. The predicted octanol–water partition coefficient (Wildman–Crippen LogP) is 4.38. The molecule has 5 nitrogen and oxygen atoms in total. The van der Waals surface area contributed by atoms with E-state index in [0.29, 0.717) is 12.1 Å². The van der Waals surface area contributed by atoms with E-state index in [1.54, 1.807) is 6.20 Å². The van der Waals surface area contributed by atoms with Crippen molar-refractivity contribution >= 4 is 22.8 Å². The number of aryl methyl sites for hydroxylation is 1. The Labute approximate surface area is 161 Å². The highest BCUT2D eigenvalue weighted by atomic mass is 15.3. The Morgan fingerprint density at radius 1 is 1.15 bits per heavy atom. The first-order chi connectivity index (χ1) is 13.1. The molecule has 4 rings (SSSR count). The summed E-state index contributed by atoms with van der Waals surface area (Å²) in [4.78, 5) is 18.7. The van der Waals surface area contributed by atoms with E-state index < -0.39 is 0 Å². The molecule has 0 bridgehead atoms. The van der Waals surface area contributed by atoms with E-state index in [1.807, 2.05) is 13.1 Å². The minimum absolute atomic E-state index is 0.326. The van der Waals surface area contributed by atoms with E-state index in [0.717, 1.165) is 42.2 Å². The van der Waals surface area contributed by atoms with Crippen LogP contribution < -0.4 is 9.80 Å². The summed E-state index contributed by atoms with van der Waals surface area (Å²) in [6.45, 7) is 7.53. The second-order valence-electron chi connectivity index (χ2n) is 7.48. The quantitative estimate of drug-likeness (QED) is 0.675. The molecule has 0 amide bonds. The number of nitrogens with zero attached hydrogens (tertiary/aromatic N) is 5. The third-order valence-electron chi connectivity index (χ3n) is 5.62. The summed E-state index contributed by atoms with van der Waals surface area (Å²) in [5.74, 6) is 1.73. The summed E-state index contributed by atoms with van der Waals surface area (Å²) < 4.78 is 0. The zero-order valence-corrected chi connectivity index (χ0v) is 16.6. The van der Waals surface area contributed by atoms with E-state index in [9.17, 15) is 0 Å². The molecular formula is C22H27N5. The first kappa shape index (κ1) is 17.7. The van der Waals surface area contributed by atoms with Gasteiger partial charge in [0.2, 0.25) is 5.95 Å². The van der Waals surface area contributed by atoms with Crippen molar-refractivity contribution in [2.24, 2.45) is 0 Å². The second-order valence-corrected chi connectivity index (χ2v) is 7.48. The van der Waals surface area contributed by atoms with Crippen LogP contribution in [-0.4, -0.2) is 34.6 Å². The molecule has 0 spiro atoms. The fraction of sp³-hybridized carbons (Fsp3) is 0.409. The van der Waals surface area contributed by atoms with Gasteiger partial charge in [-0.15, -0.1) is 0 Å². The molecule has 5 heteroatoms. The van der Waals surface area contributed by atoms with Crippen molar-refractivity contribution in [3.05, 3.63) is 53.7 Å². The second kappa shape index (κ2) is 7.14. The Morgan fingerprint density at radius 3 is 2.67 bits per heavy atom. The third kappa shape index (κ3) is 3.11. The Hall–Kier alpha value is -2.69. The summed E-state index contributed by atoms with van der Waals surface area (Å²) in [6.07, 6.45) is 4.00. The van der Waals surface area contributed by atoms with Crippen LogP contribution in [-0.2, 0) is 6.42 Å². The molecule has 3 heterocycles. The van der Waals surface area contributed by atoms with Crippen LogP contribution in [0.15, 0.2) is 42.6 Å². The number of benzene rings is 1. The maximum Gasteiger partial charge on any atom is 0.229 e. The van der Waals surface area contributed by atoms with Crippen molar-refractivity contribution < 1.29 is 0 Å². The molecule has 2 aromatic heterocycles. The lowest BCUT2D eigenvalue weighted by atomic mass is 9.90. The normalized spacial score (nSPS) is 16.6. The van der Waals surface area contributed by atoms with Crippen molar-refractivity contribution in [2.45, 2.75) is 45.7 Å². The largest absolute Gasteiger partial charge is 0.349 e. The van der Waals surface area contributed by atoms with E-state index >= 15 is 0 Å². The van der Waals surface area contributed by atoms with Crippen LogP contribution in [0.1, 0.15) is 44.4 Å². The predicted molar refractivity (Wildman–Crippen MR) is 111 cm³/mol. The molecule has 1 aliphatic heterocycles. The Morgan fingerprint density at radius 2 is 1.96 bits per heavy atom. The number of anilines is 2. The minimum Gasteiger partial charge on any atom is -0.349 e. The van der Waals surface area contributed by atoms with Gasteiger partial charge in [-0.1, -0.05) is 31.2 Å². The third-order valence-corrected chi connectivity index (χ3v) is 5.62. The van der Waals surface area contributed by atoms with Gasteiger partial charge in [-0.3, -0.25) is 0 Å². The lowest BCUT2D eigenvalue weighted by Gasteiger charge is -2.43. The summed E-state index contributed by atoms with van der Waals surface area (Å²) in [7, 11) is 2.04. The maximum atomic E-state index is 4.98. The van der Waals surface area contributed by atoms with Crippen LogP contribution in [0.25, 0.3) is 11.0 Å². The smallest absolute Gasteiger partial charge is 0.229 e. The number of fused-ring (bicyclic) bond motifs is 1. The van der Waals surface area contributed by atoms with Gasteiger partial charge in [0.25, 0.3) is 0 Å². The SMILES string of the molecule is CCc1ccccc1C1CCN1c1nc(N(C)C(C)C)nc2ncccc12. The van der Waals surface area contributed by atoms with Gasteiger partial charge < -0.3 is 9.80 Å². The van der Waals surface area contributed by atoms with Crippen LogP contribution in [0, 0.1) is 0 Å². The standard InChI is InChI=1S/C22H27N5/c1-5-16-9-6-7-10-17(16)19-12-14-27(19)21-18-11-8-13-23-20(18)24-22(25-21)26(4)15(2)3/h6-11,13,15,19H,5,12,14H2,1-4H3. The van der Waals surface area contributed by atoms with Crippen molar-refractivity contribution in [3.8, 4) is 0 Å². The highest BCUT2D eigenvalue weighted by molar-refractivity contribution is 5.88. The average Bonchev–Trinajstić information content (AvgIpc) is 2.66. The molecule has 1 atom stereocenters. The average molecular weight is 361 g/mol. The van der Waals surface area contributed by atoms with Crippen molar-refractivity contribution in [1.82, 2.24) is 15.0 Å². The van der Waals surface area contributed by atoms with Crippen molar-refractivity contribution in [1.29, 1.82) is 0 Å². The molecular weight excluding hydrogens is 334 g/mol. The Bertz CT molecular complexity index is 952. The van der Waals surface area contributed by atoms with Crippen LogP contribution in [0.2, 0.25) is 0 Å². The minimum atomic E-state index is 0.326. The number of hydrogen-bond acceptors (Lipinski definition) is 5. The molecule has 0 saturated carbocycles. The van der Waals surface area contributed by atoms with E-state index in [2.05, 4.69) is 65.9 Å². The van der Waals surface area contributed by atoms with Gasteiger partial charge in [0, 0.05) is 25.8 Å². The van der Waals surface area contributed by atoms with Crippen molar-refractivity contribution in [2.75, 3.05) is 23.4 Å². The molecule has 1 fully saturated rings. The summed E-state index contributed by atoms with van der Waals surface area (Å²) >= 11 is 0. The van der Waals surface area contributed by atoms with Gasteiger partial charge in [-0.25, -0.2) is 4.98 Å². The van der Waals surface area contributed by atoms with Crippen LogP contribution >= 0.6 is 0 Å². The van der Waals surface area contributed by atoms with Gasteiger partial charge in [-0.05, 0) is 49.9 Å². The number of hydrogen-bond donors (Lipinski definition) is 0. The van der Waals surface area contributed by atoms with Crippen molar-refractivity contribution in [3.63, 3.8) is 0 Å². The fourth-order valence-electron chi connectivity index (χ4n) is 3.69. The first-order valence-electron chi connectivity index (χ1n) is 9.80. The van der Waals surface area contributed by atoms with Crippen LogP contribution in [0.4, 0.5) is 11.8 Å². The first-order valence-corrected chi connectivity index (χ1v) is 9.80. The van der Waals surface area contributed by atoms with Gasteiger partial charge >= 0.3 is 0 Å². The molecule has 0 N–H and O–H groups in total. The molecule has 3 aromatic rings. The summed E-state index contributed by atoms with van der Waals surface area (Å²) in [5, 5.41) is 1.03. The zero-order valence-electron chi connectivity index (χ0n) is 16.6. The highest BCUT2D eigenvalue weighted by Crippen LogP contribution is 2.41. The van der Waals surface area contributed by atoms with Crippen LogP contribution in [0.3, 0.4) is 0 Å². The fourth-order valence-corrected chi connectivity index (χ4v) is 3.69. The van der Waals surface area contributed by atoms with E-state index in [1.165, 1.54) is 11.1 Å². The molecule has 1 unspecified atom stereocenters. The lowest BCUT2D eigenvalue weighted by Crippen LogP contribution is -2.42. The number of pyridine rings is 1. The monoisotopic (exact) mass is 361 g/mol. The van der Waals surface area contributed by atoms with Gasteiger partial charge in [0.15, 0.2) is 5.65 Å². The lowest BCUT2D eigenvalue weighted by molar-refractivity contribution is 0.459. The molecule has 1 aliphatic rings. The van der Waals surface area contributed by atoms with Gasteiger partial charge in [0.05, 0.1) is 11.4 Å². The number of rotatable bonds is 5. The van der Waals surface area contributed by atoms with Gasteiger partial charge in [0.1, 0.15) is 5.82 Å². The highest BCUT2D eigenvalue weighted by Gasteiger charge is 2.33. The maximum absolute atomic E-state index is 4.98. The molecule has 0 aliphatic carbocycles. The summed E-state index contributed by atoms with van der Waals surface area (Å²) in [6, 6.07) is 13.5. The molecule has 1 saturated heterocycles. The topological polar surface area (TPSA) is 45.2 Å². The number of aromatic nitrogens is 3. The zero-order chi connectivity index (χ0) is 19.0. The van der Waals surface area contributed by atoms with Gasteiger partial charge in [-0.2, -0.15) is 9.97 Å². The Balaban J connectivity index is 1.81. The Kier molecular flexibility index (Phi) is 4.68. The molecule has 27 heavy (non-hydrogen) atoms. The van der Waals surface area contributed by atoms with E-state index in [-0.39, 0.29) is 0 Å². The summed E-state index contributed by atoms with van der Waals surface area (Å²) in [5.41, 5.74) is 3.60. The molecule has 140 valence electrons. The molecule has 0 radical (unpaired) electrons. The van der Waals surface area contributed by atoms with Crippen LogP contribution in [0.5, 0.6) is 0 Å². The van der Waals surface area contributed by atoms with E-state index in [4.69, 9.17) is 9.97 Å².